The van der Waals surface area contributed by atoms with Gasteiger partial charge in [-0.3, -0.25) is 0 Å². The highest BCUT2D eigenvalue weighted by Gasteiger charge is 2.21. The molecule has 2 nitrogen and oxygen atoms in total. The summed E-state index contributed by atoms with van der Waals surface area (Å²) in [5.74, 6) is 0. The lowest BCUT2D eigenvalue weighted by molar-refractivity contribution is 0.670. The van der Waals surface area contributed by atoms with Gasteiger partial charge in [0.25, 0.3) is 0 Å². The molecule has 0 amide bonds. The number of rotatable bonds is 6. The van der Waals surface area contributed by atoms with Crippen LogP contribution in [-0.4, -0.2) is 0 Å². The molecular formula is C50H33NO. The van der Waals surface area contributed by atoms with Gasteiger partial charge in [0.2, 0.25) is 0 Å². The minimum Gasteiger partial charge on any atom is -0.453 e. The summed E-state index contributed by atoms with van der Waals surface area (Å²) in [5, 5.41) is 7.18. The maximum absolute atomic E-state index is 6.93. The van der Waals surface area contributed by atoms with Crippen molar-refractivity contribution in [2.75, 3.05) is 4.90 Å². The second-order valence-electron chi connectivity index (χ2n) is 13.3. The zero-order valence-electron chi connectivity index (χ0n) is 28.4. The first kappa shape index (κ1) is 30.0. The van der Waals surface area contributed by atoms with E-state index in [4.69, 9.17) is 4.42 Å². The Morgan fingerprint density at radius 1 is 0.288 bits per heavy atom. The molecule has 0 atom stereocenters. The second kappa shape index (κ2) is 12.5. The molecule has 0 saturated heterocycles. The van der Waals surface area contributed by atoms with E-state index < -0.39 is 0 Å². The van der Waals surface area contributed by atoms with Gasteiger partial charge in [-0.1, -0.05) is 170 Å². The van der Waals surface area contributed by atoms with E-state index in [0.29, 0.717) is 0 Å². The van der Waals surface area contributed by atoms with Crippen LogP contribution in [0.5, 0.6) is 0 Å². The molecule has 0 aliphatic rings. The van der Waals surface area contributed by atoms with Crippen molar-refractivity contribution in [3.05, 3.63) is 200 Å². The quantitative estimate of drug-likeness (QED) is 0.176. The maximum Gasteiger partial charge on any atom is 0.159 e. The first-order chi connectivity index (χ1) is 25.8. The molecule has 244 valence electrons. The van der Waals surface area contributed by atoms with Crippen LogP contribution in [0.15, 0.2) is 205 Å². The predicted molar refractivity (Wildman–Crippen MR) is 220 cm³/mol. The lowest BCUT2D eigenvalue weighted by Gasteiger charge is -2.26. The van der Waals surface area contributed by atoms with Crippen LogP contribution >= 0.6 is 0 Å². The SMILES string of the molecule is c1ccc(-c2cccc3c2oc2c(N(c4ccc(-c5cccc6ccccc56)cc4)c4ccc(-c5cccc6ccccc56)cc4)cccc23)cc1. The summed E-state index contributed by atoms with van der Waals surface area (Å²) in [5.41, 5.74) is 11.9. The summed E-state index contributed by atoms with van der Waals surface area (Å²) < 4.78 is 6.93. The number of anilines is 3. The molecule has 0 radical (unpaired) electrons. The highest BCUT2D eigenvalue weighted by molar-refractivity contribution is 6.13. The molecule has 10 aromatic rings. The van der Waals surface area contributed by atoms with Gasteiger partial charge in [0.1, 0.15) is 5.58 Å². The summed E-state index contributed by atoms with van der Waals surface area (Å²) >= 11 is 0. The van der Waals surface area contributed by atoms with Crippen LogP contribution in [0.1, 0.15) is 0 Å². The minimum absolute atomic E-state index is 0.858. The normalized spacial score (nSPS) is 11.5. The largest absolute Gasteiger partial charge is 0.453 e. The van der Waals surface area contributed by atoms with E-state index >= 15 is 0 Å². The van der Waals surface area contributed by atoms with Crippen LogP contribution in [0, 0.1) is 0 Å². The van der Waals surface area contributed by atoms with Crippen molar-refractivity contribution in [1.29, 1.82) is 0 Å². The smallest absolute Gasteiger partial charge is 0.159 e. The molecule has 0 aliphatic heterocycles. The maximum atomic E-state index is 6.93. The molecule has 10 rings (SSSR count). The van der Waals surface area contributed by atoms with Crippen molar-refractivity contribution in [2.24, 2.45) is 0 Å². The first-order valence-corrected chi connectivity index (χ1v) is 17.8. The van der Waals surface area contributed by atoms with Crippen LogP contribution in [0.3, 0.4) is 0 Å². The highest BCUT2D eigenvalue weighted by atomic mass is 16.3. The van der Waals surface area contributed by atoms with Crippen molar-refractivity contribution < 1.29 is 4.42 Å². The second-order valence-corrected chi connectivity index (χ2v) is 13.3. The standard InChI is InChI=1S/C50H33NO/c1-2-12-36(13-3-1)45-22-10-23-46-47-24-11-25-48(50(47)52-49(45)46)51(39-30-26-37(27-31-39)43-20-8-16-34-14-4-6-18-41(34)43)40-32-28-38(29-33-40)44-21-9-17-35-15-5-7-19-42(35)44/h1-33H. The van der Waals surface area contributed by atoms with E-state index in [0.717, 1.165) is 50.1 Å². The third-order valence-electron chi connectivity index (χ3n) is 10.3. The van der Waals surface area contributed by atoms with Gasteiger partial charge in [-0.25, -0.2) is 0 Å². The molecule has 0 fully saturated rings. The number of para-hydroxylation sites is 2. The van der Waals surface area contributed by atoms with Gasteiger partial charge >= 0.3 is 0 Å². The third kappa shape index (κ3) is 5.04. The highest BCUT2D eigenvalue weighted by Crippen LogP contribution is 2.45. The number of benzene rings is 9. The van der Waals surface area contributed by atoms with Gasteiger partial charge in [-0.05, 0) is 79.7 Å². The molecule has 1 aromatic heterocycles. The number of hydrogen-bond donors (Lipinski definition) is 0. The zero-order chi connectivity index (χ0) is 34.4. The van der Waals surface area contributed by atoms with Crippen molar-refractivity contribution in [1.82, 2.24) is 0 Å². The molecule has 0 saturated carbocycles. The molecular weight excluding hydrogens is 631 g/mol. The summed E-state index contributed by atoms with van der Waals surface area (Å²) in [6.45, 7) is 0. The van der Waals surface area contributed by atoms with Gasteiger partial charge in [-0.2, -0.15) is 0 Å². The molecule has 0 N–H and O–H groups in total. The summed E-state index contributed by atoms with van der Waals surface area (Å²) in [6.07, 6.45) is 0. The van der Waals surface area contributed by atoms with E-state index in [1.807, 2.05) is 0 Å². The molecule has 52 heavy (non-hydrogen) atoms. The Balaban J connectivity index is 1.15. The first-order valence-electron chi connectivity index (χ1n) is 17.8. The number of nitrogens with zero attached hydrogens (tertiary/aromatic N) is 1. The molecule has 9 aromatic carbocycles. The lowest BCUT2D eigenvalue weighted by Crippen LogP contribution is -2.10. The number of hydrogen-bond acceptors (Lipinski definition) is 2. The Morgan fingerprint density at radius 3 is 1.31 bits per heavy atom. The Morgan fingerprint density at radius 2 is 0.712 bits per heavy atom. The minimum atomic E-state index is 0.858. The van der Waals surface area contributed by atoms with Crippen molar-refractivity contribution in [3.63, 3.8) is 0 Å². The number of fused-ring (bicyclic) bond motifs is 5. The van der Waals surface area contributed by atoms with Crippen LogP contribution in [-0.2, 0) is 0 Å². The van der Waals surface area contributed by atoms with Crippen LogP contribution in [0.2, 0.25) is 0 Å². The monoisotopic (exact) mass is 663 g/mol. The van der Waals surface area contributed by atoms with E-state index in [1.54, 1.807) is 0 Å². The lowest BCUT2D eigenvalue weighted by atomic mass is 9.97. The molecule has 0 bridgehead atoms. The van der Waals surface area contributed by atoms with Crippen LogP contribution in [0.25, 0.3) is 76.9 Å². The Bertz CT molecular complexity index is 2750. The number of furan rings is 1. The summed E-state index contributed by atoms with van der Waals surface area (Å²) in [6, 6.07) is 71.5. The van der Waals surface area contributed by atoms with Gasteiger partial charge in [-0.15, -0.1) is 0 Å². The topological polar surface area (TPSA) is 16.4 Å². The fraction of sp³-hybridized carbons (Fsp3) is 0. The van der Waals surface area contributed by atoms with Gasteiger partial charge in [0.15, 0.2) is 5.58 Å². The Kier molecular flexibility index (Phi) is 7.18. The predicted octanol–water partition coefficient (Wildman–Crippen LogP) is 14.4. The molecule has 0 aliphatic carbocycles. The fourth-order valence-electron chi connectivity index (χ4n) is 7.79. The third-order valence-corrected chi connectivity index (χ3v) is 10.3. The van der Waals surface area contributed by atoms with E-state index in [9.17, 15) is 0 Å². The van der Waals surface area contributed by atoms with E-state index in [-0.39, 0.29) is 0 Å². The van der Waals surface area contributed by atoms with Gasteiger partial charge in [0.05, 0.1) is 5.69 Å². The molecule has 0 unspecified atom stereocenters. The summed E-state index contributed by atoms with van der Waals surface area (Å²) in [4.78, 5) is 2.33. The average molecular weight is 664 g/mol. The van der Waals surface area contributed by atoms with Crippen molar-refractivity contribution >= 4 is 60.5 Å². The average Bonchev–Trinajstić information content (AvgIpc) is 3.61. The van der Waals surface area contributed by atoms with Gasteiger partial charge < -0.3 is 9.32 Å². The van der Waals surface area contributed by atoms with Crippen molar-refractivity contribution in [2.45, 2.75) is 0 Å². The van der Waals surface area contributed by atoms with Crippen molar-refractivity contribution in [3.8, 4) is 33.4 Å². The van der Waals surface area contributed by atoms with Crippen LogP contribution < -0.4 is 4.90 Å². The molecule has 0 spiro atoms. The van der Waals surface area contributed by atoms with E-state index in [2.05, 4.69) is 205 Å². The van der Waals surface area contributed by atoms with E-state index in [1.165, 1.54) is 43.8 Å². The molecule has 1 heterocycles. The summed E-state index contributed by atoms with van der Waals surface area (Å²) in [7, 11) is 0. The van der Waals surface area contributed by atoms with Crippen LogP contribution in [0.4, 0.5) is 17.1 Å². The van der Waals surface area contributed by atoms with Gasteiger partial charge in [0, 0.05) is 27.7 Å². The Labute approximate surface area is 302 Å². The molecule has 2 heteroatoms. The fourth-order valence-corrected chi connectivity index (χ4v) is 7.79. The Hall–Kier alpha value is -6.90. The zero-order valence-corrected chi connectivity index (χ0v) is 28.4.